The summed E-state index contributed by atoms with van der Waals surface area (Å²) in [6.07, 6.45) is 1.42. The number of thioether (sulfide) groups is 1. The maximum atomic E-state index is 13.8. The van der Waals surface area contributed by atoms with Crippen LogP contribution in [0.4, 0.5) is 5.69 Å². The van der Waals surface area contributed by atoms with E-state index in [1.165, 1.54) is 4.90 Å². The van der Waals surface area contributed by atoms with Crippen LogP contribution < -0.4 is 10.6 Å². The molecular weight excluding hydrogens is 486 g/mol. The zero-order valence-corrected chi connectivity index (χ0v) is 20.9. The lowest BCUT2D eigenvalue weighted by Gasteiger charge is -2.36. The molecule has 2 aromatic rings. The van der Waals surface area contributed by atoms with Crippen LogP contribution in [0.15, 0.2) is 54.6 Å². The van der Waals surface area contributed by atoms with Crippen molar-refractivity contribution in [3.05, 3.63) is 65.2 Å². The third kappa shape index (κ3) is 4.01. The molecule has 9 heteroatoms. The number of benzene rings is 2. The summed E-state index contributed by atoms with van der Waals surface area (Å²) in [5.74, 6) is -1.86. The second-order valence-electron chi connectivity index (χ2n) is 9.51. The predicted molar refractivity (Wildman–Crippen MR) is 136 cm³/mol. The number of aliphatic hydroxyl groups excluding tert-OH is 1. The number of nitrogens with zero attached hydrogens (tertiary/aromatic N) is 1. The van der Waals surface area contributed by atoms with Crippen LogP contribution in [-0.2, 0) is 20.9 Å². The van der Waals surface area contributed by atoms with E-state index in [0.29, 0.717) is 23.7 Å². The van der Waals surface area contributed by atoms with Crippen molar-refractivity contribution in [3.8, 4) is 0 Å². The lowest BCUT2D eigenvalue weighted by molar-refractivity contribution is -0.141. The summed E-state index contributed by atoms with van der Waals surface area (Å²) in [5.41, 5.74) is 1.45. The van der Waals surface area contributed by atoms with Crippen LogP contribution in [0.5, 0.6) is 0 Å². The summed E-state index contributed by atoms with van der Waals surface area (Å²) in [5, 5.41) is 16.2. The number of anilines is 1. The maximum absolute atomic E-state index is 13.8. The fourth-order valence-corrected chi connectivity index (χ4v) is 8.31. The number of hydrogen-bond donors (Lipinski definition) is 3. The molecule has 3 aliphatic heterocycles. The van der Waals surface area contributed by atoms with Gasteiger partial charge in [-0.25, -0.2) is 0 Å². The second-order valence-corrected chi connectivity index (χ2v) is 11.5. The molecule has 0 aromatic heterocycles. The number of carbonyl (C=O) groups excluding carboxylic acids is 3. The minimum atomic E-state index is -0.805. The molecule has 3 N–H and O–H groups in total. The van der Waals surface area contributed by atoms with Gasteiger partial charge in [0, 0.05) is 11.8 Å². The normalized spacial score (nSPS) is 29.7. The molecule has 5 rings (SSSR count). The zero-order chi connectivity index (χ0) is 24.7. The molecule has 3 saturated heterocycles. The quantitative estimate of drug-likeness (QED) is 0.528. The summed E-state index contributed by atoms with van der Waals surface area (Å²) >= 11 is 7.87. The van der Waals surface area contributed by atoms with Crippen molar-refractivity contribution < 1.29 is 19.5 Å². The van der Waals surface area contributed by atoms with Crippen molar-refractivity contribution in [1.29, 1.82) is 0 Å². The van der Waals surface area contributed by atoms with Crippen molar-refractivity contribution in [3.63, 3.8) is 0 Å². The Morgan fingerprint density at radius 2 is 1.89 bits per heavy atom. The van der Waals surface area contributed by atoms with Gasteiger partial charge in [0.05, 0.1) is 39.9 Å². The number of fused-ring (bicyclic) bond motifs is 1. The third-order valence-electron chi connectivity index (χ3n) is 7.47. The highest BCUT2D eigenvalue weighted by Crippen LogP contribution is 2.66. The van der Waals surface area contributed by atoms with Crippen LogP contribution in [0.3, 0.4) is 0 Å². The summed E-state index contributed by atoms with van der Waals surface area (Å²) in [7, 11) is 0. The van der Waals surface area contributed by atoms with Crippen LogP contribution in [0.1, 0.15) is 25.3 Å². The molecule has 7 nitrogen and oxygen atoms in total. The first kappa shape index (κ1) is 24.2. The van der Waals surface area contributed by atoms with Crippen LogP contribution in [-0.4, -0.2) is 56.4 Å². The zero-order valence-electron chi connectivity index (χ0n) is 19.3. The van der Waals surface area contributed by atoms with Crippen LogP contribution in [0.25, 0.3) is 0 Å². The summed E-state index contributed by atoms with van der Waals surface area (Å²) in [6, 6.07) is 15.2. The van der Waals surface area contributed by atoms with Gasteiger partial charge in [-0.1, -0.05) is 54.1 Å². The van der Waals surface area contributed by atoms with E-state index in [1.54, 1.807) is 43.0 Å². The fourth-order valence-electron chi connectivity index (χ4n) is 5.92. The Morgan fingerprint density at radius 1 is 1.17 bits per heavy atom. The number of hydrogen-bond acceptors (Lipinski definition) is 5. The van der Waals surface area contributed by atoms with E-state index in [9.17, 15) is 19.5 Å². The van der Waals surface area contributed by atoms with E-state index >= 15 is 0 Å². The number of likely N-dealkylation sites (tertiary alicyclic amines) is 1. The van der Waals surface area contributed by atoms with Crippen molar-refractivity contribution in [2.75, 3.05) is 11.9 Å². The van der Waals surface area contributed by atoms with E-state index in [2.05, 4.69) is 10.6 Å². The van der Waals surface area contributed by atoms with Gasteiger partial charge in [-0.2, -0.15) is 0 Å². The highest BCUT2D eigenvalue weighted by Gasteiger charge is 2.74. The van der Waals surface area contributed by atoms with Gasteiger partial charge in [0.15, 0.2) is 0 Å². The second kappa shape index (κ2) is 9.48. The first-order chi connectivity index (χ1) is 16.9. The van der Waals surface area contributed by atoms with Crippen LogP contribution >= 0.6 is 23.4 Å². The molecule has 3 amide bonds. The Bertz CT molecular complexity index is 1150. The van der Waals surface area contributed by atoms with Crippen molar-refractivity contribution in [2.45, 2.75) is 48.4 Å². The first-order valence-corrected chi connectivity index (χ1v) is 13.1. The van der Waals surface area contributed by atoms with E-state index in [1.807, 2.05) is 30.3 Å². The standard InChI is InChI=1S/C26H28ClN3O4S/c1-15(14-31)30-22(24(33)29-18-10-6-5-9-17(18)27)26-12-11-19(35-26)20(21(26)25(30)34)23(32)28-13-16-7-3-2-4-8-16/h2-10,15,19-22,31H,11-14H2,1H3,(H,28,32)(H,29,33)/t15-,19+,20-,21+,22?,26?/m1/s1. The first-order valence-electron chi connectivity index (χ1n) is 11.8. The monoisotopic (exact) mass is 513 g/mol. The fraction of sp³-hybridized carbons (Fsp3) is 0.423. The highest BCUT2D eigenvalue weighted by molar-refractivity contribution is 8.02. The molecule has 184 valence electrons. The number of aliphatic hydroxyl groups is 1. The Balaban J connectivity index is 1.44. The van der Waals surface area contributed by atoms with Gasteiger partial charge in [0.2, 0.25) is 17.7 Å². The Morgan fingerprint density at radius 3 is 2.60 bits per heavy atom. The van der Waals surface area contributed by atoms with Gasteiger partial charge in [0.1, 0.15) is 6.04 Å². The number of halogens is 1. The van der Waals surface area contributed by atoms with Gasteiger partial charge < -0.3 is 20.6 Å². The lowest BCUT2D eigenvalue weighted by atomic mass is 9.70. The maximum Gasteiger partial charge on any atom is 0.248 e. The largest absolute Gasteiger partial charge is 0.394 e. The molecule has 3 fully saturated rings. The van der Waals surface area contributed by atoms with Crippen LogP contribution in [0, 0.1) is 11.8 Å². The van der Waals surface area contributed by atoms with Crippen molar-refractivity contribution in [1.82, 2.24) is 10.2 Å². The lowest BCUT2D eigenvalue weighted by Crippen LogP contribution is -2.54. The predicted octanol–water partition coefficient (Wildman–Crippen LogP) is 3.07. The number of rotatable bonds is 7. The molecule has 6 atom stereocenters. The molecule has 2 aromatic carbocycles. The summed E-state index contributed by atoms with van der Waals surface area (Å²) < 4.78 is -0.717. The van der Waals surface area contributed by atoms with E-state index < -0.39 is 28.7 Å². The smallest absolute Gasteiger partial charge is 0.248 e. The molecule has 0 aliphatic carbocycles. The van der Waals surface area contributed by atoms with Crippen molar-refractivity contribution in [2.24, 2.45) is 11.8 Å². The summed E-state index contributed by atoms with van der Waals surface area (Å²) in [6.45, 7) is 1.84. The Labute approximate surface area is 213 Å². The number of nitrogens with one attached hydrogen (secondary N) is 2. The van der Waals surface area contributed by atoms with Gasteiger partial charge in [-0.05, 0) is 37.5 Å². The Kier molecular flexibility index (Phi) is 6.55. The van der Waals surface area contributed by atoms with Crippen molar-refractivity contribution >= 4 is 46.8 Å². The average molecular weight is 514 g/mol. The molecular formula is C26H28ClN3O4S. The Hall–Kier alpha value is -2.55. The molecule has 0 radical (unpaired) electrons. The van der Waals surface area contributed by atoms with E-state index in [0.717, 1.165) is 12.0 Å². The topological polar surface area (TPSA) is 98.7 Å². The van der Waals surface area contributed by atoms with E-state index in [4.69, 9.17) is 11.6 Å². The number of amides is 3. The molecule has 3 aliphatic rings. The minimum absolute atomic E-state index is 0.0260. The average Bonchev–Trinajstić information content (AvgIpc) is 3.51. The minimum Gasteiger partial charge on any atom is -0.394 e. The number of carbonyl (C=O) groups is 3. The molecule has 2 bridgehead atoms. The molecule has 0 saturated carbocycles. The molecule has 3 heterocycles. The molecule has 35 heavy (non-hydrogen) atoms. The van der Waals surface area contributed by atoms with Crippen LogP contribution in [0.2, 0.25) is 5.02 Å². The summed E-state index contributed by atoms with van der Waals surface area (Å²) in [4.78, 5) is 42.4. The van der Waals surface area contributed by atoms with Gasteiger partial charge in [-0.3, -0.25) is 14.4 Å². The molecule has 2 unspecified atom stereocenters. The van der Waals surface area contributed by atoms with Gasteiger partial charge in [-0.15, -0.1) is 11.8 Å². The third-order valence-corrected chi connectivity index (χ3v) is 9.75. The van der Waals surface area contributed by atoms with Gasteiger partial charge in [0.25, 0.3) is 0 Å². The van der Waals surface area contributed by atoms with E-state index in [-0.39, 0.29) is 29.6 Å². The molecule has 1 spiro atoms. The SMILES string of the molecule is C[C@H](CO)N1C(=O)[C@@H]2[C@H](C(=O)NCc3ccccc3)[C@@H]3CCC2(S3)C1C(=O)Nc1ccccc1Cl. The highest BCUT2D eigenvalue weighted by atomic mass is 35.5. The van der Waals surface area contributed by atoms with Gasteiger partial charge >= 0.3 is 0 Å². The number of para-hydroxylation sites is 1.